The summed E-state index contributed by atoms with van der Waals surface area (Å²) in [5.74, 6) is 2.67. The second-order valence-electron chi connectivity index (χ2n) is 9.96. The highest BCUT2D eigenvalue weighted by molar-refractivity contribution is 5.79. The van der Waals surface area contributed by atoms with Gasteiger partial charge in [-0.25, -0.2) is 0 Å². The van der Waals surface area contributed by atoms with Crippen LogP contribution in [0.15, 0.2) is 0 Å². The minimum Gasteiger partial charge on any atom is -0.340 e. The zero-order valence-corrected chi connectivity index (χ0v) is 17.0. The smallest absolute Gasteiger partial charge is 0.225 e. The molecule has 4 fully saturated rings. The molecule has 0 aromatic rings. The second kappa shape index (κ2) is 7.79. The van der Waals surface area contributed by atoms with E-state index in [0.29, 0.717) is 17.2 Å². The molecule has 26 heavy (non-hydrogen) atoms. The Morgan fingerprint density at radius 1 is 0.962 bits per heavy atom. The van der Waals surface area contributed by atoms with Crippen LogP contribution in [0.1, 0.15) is 65.2 Å². The van der Waals surface area contributed by atoms with E-state index in [9.17, 15) is 4.79 Å². The Morgan fingerprint density at radius 2 is 1.62 bits per heavy atom. The molecule has 0 unspecified atom stereocenters. The van der Waals surface area contributed by atoms with Gasteiger partial charge >= 0.3 is 0 Å². The highest BCUT2D eigenvalue weighted by atomic mass is 16.2. The summed E-state index contributed by atoms with van der Waals surface area (Å²) in [5.41, 5.74) is 0.484. The number of nitrogens with zero attached hydrogens (tertiary/aromatic N) is 2. The molecule has 1 heterocycles. The van der Waals surface area contributed by atoms with Crippen molar-refractivity contribution in [3.63, 3.8) is 0 Å². The molecule has 4 heteroatoms. The Hall–Kier alpha value is -0.610. The number of fused-ring (bicyclic) bond motifs is 1. The molecule has 3 aliphatic carbocycles. The lowest BCUT2D eigenvalue weighted by molar-refractivity contribution is -0.137. The largest absolute Gasteiger partial charge is 0.340 e. The SMILES string of the molecule is CC1(C)[C@H](NCCN2CCN(C(=O)C3CCCC3)CC2)[C@@H]2CCCC[C@@H]21. The molecule has 0 radical (unpaired) electrons. The first-order valence-corrected chi connectivity index (χ1v) is 11.3. The Balaban J connectivity index is 1.17. The zero-order valence-electron chi connectivity index (χ0n) is 17.0. The van der Waals surface area contributed by atoms with E-state index in [-0.39, 0.29) is 0 Å². The molecule has 4 aliphatic rings. The molecule has 0 bridgehead atoms. The maximum absolute atomic E-state index is 12.6. The maximum atomic E-state index is 12.6. The Bertz CT molecular complexity index is 492. The normalized spacial score (nSPS) is 35.2. The van der Waals surface area contributed by atoms with Crippen LogP contribution in [0.4, 0.5) is 0 Å². The average Bonchev–Trinajstić information content (AvgIpc) is 3.20. The van der Waals surface area contributed by atoms with Crippen LogP contribution in [-0.4, -0.2) is 61.0 Å². The van der Waals surface area contributed by atoms with Crippen molar-refractivity contribution in [2.45, 2.75) is 71.3 Å². The van der Waals surface area contributed by atoms with Gasteiger partial charge in [0.15, 0.2) is 0 Å². The highest BCUT2D eigenvalue weighted by Crippen LogP contribution is 2.57. The lowest BCUT2D eigenvalue weighted by Gasteiger charge is -2.61. The molecule has 0 aromatic carbocycles. The molecular formula is C22H39N3O. The molecule has 1 aliphatic heterocycles. The predicted molar refractivity (Wildman–Crippen MR) is 106 cm³/mol. The summed E-state index contributed by atoms with van der Waals surface area (Å²) in [6.45, 7) is 11.2. The minimum absolute atomic E-state index is 0.340. The van der Waals surface area contributed by atoms with Crippen molar-refractivity contribution in [3.05, 3.63) is 0 Å². The average molecular weight is 362 g/mol. The van der Waals surface area contributed by atoms with E-state index in [2.05, 4.69) is 29.0 Å². The summed E-state index contributed by atoms with van der Waals surface area (Å²) >= 11 is 0. The summed E-state index contributed by atoms with van der Waals surface area (Å²) < 4.78 is 0. The Labute approximate surface area is 160 Å². The van der Waals surface area contributed by atoms with E-state index < -0.39 is 0 Å². The molecule has 1 saturated heterocycles. The number of piperazine rings is 1. The van der Waals surface area contributed by atoms with Gasteiger partial charge in [-0.05, 0) is 42.9 Å². The zero-order chi connectivity index (χ0) is 18.1. The van der Waals surface area contributed by atoms with Gasteiger partial charge in [-0.2, -0.15) is 0 Å². The van der Waals surface area contributed by atoms with Crippen molar-refractivity contribution < 1.29 is 4.79 Å². The van der Waals surface area contributed by atoms with Gasteiger partial charge < -0.3 is 10.2 Å². The number of hydrogen-bond donors (Lipinski definition) is 1. The standard InChI is InChI=1S/C22H39N3O/c1-22(2)19-10-6-5-9-18(19)20(22)23-11-12-24-13-15-25(16-14-24)21(26)17-7-3-4-8-17/h17-20,23H,3-16H2,1-2H3/t18-,19+,20-/m1/s1. The van der Waals surface area contributed by atoms with Crippen molar-refractivity contribution >= 4 is 5.91 Å². The van der Waals surface area contributed by atoms with Gasteiger partial charge in [0.1, 0.15) is 0 Å². The summed E-state index contributed by atoms with van der Waals surface area (Å²) in [6.07, 6.45) is 10.5. The van der Waals surface area contributed by atoms with Crippen LogP contribution >= 0.6 is 0 Å². The number of amides is 1. The summed E-state index contributed by atoms with van der Waals surface area (Å²) in [5, 5.41) is 3.91. The van der Waals surface area contributed by atoms with Crippen LogP contribution in [0.25, 0.3) is 0 Å². The Kier molecular flexibility index (Phi) is 5.61. The van der Waals surface area contributed by atoms with E-state index in [4.69, 9.17) is 0 Å². The first-order chi connectivity index (χ1) is 12.6. The fraction of sp³-hybridized carbons (Fsp3) is 0.955. The number of carbonyl (C=O) groups excluding carboxylic acids is 1. The van der Waals surface area contributed by atoms with Crippen molar-refractivity contribution in [1.29, 1.82) is 0 Å². The van der Waals surface area contributed by atoms with E-state index in [0.717, 1.165) is 70.0 Å². The third-order valence-electron chi connectivity index (χ3n) is 8.19. The van der Waals surface area contributed by atoms with Gasteiger partial charge in [-0.3, -0.25) is 9.69 Å². The summed E-state index contributed by atoms with van der Waals surface area (Å²) in [4.78, 5) is 17.2. The third-order valence-corrected chi connectivity index (χ3v) is 8.19. The van der Waals surface area contributed by atoms with Gasteiger partial charge in [-0.1, -0.05) is 39.5 Å². The molecule has 1 amide bonds. The van der Waals surface area contributed by atoms with Gasteiger partial charge in [0.05, 0.1) is 0 Å². The van der Waals surface area contributed by atoms with Crippen molar-refractivity contribution in [3.8, 4) is 0 Å². The molecule has 148 valence electrons. The van der Waals surface area contributed by atoms with Crippen LogP contribution < -0.4 is 5.32 Å². The molecule has 1 N–H and O–H groups in total. The number of carbonyl (C=O) groups is 1. The van der Waals surface area contributed by atoms with Crippen LogP contribution in [-0.2, 0) is 4.79 Å². The van der Waals surface area contributed by atoms with Crippen molar-refractivity contribution in [1.82, 2.24) is 15.1 Å². The van der Waals surface area contributed by atoms with E-state index in [1.54, 1.807) is 0 Å². The summed E-state index contributed by atoms with van der Waals surface area (Å²) in [7, 11) is 0. The number of hydrogen-bond acceptors (Lipinski definition) is 3. The second-order valence-corrected chi connectivity index (χ2v) is 9.96. The Morgan fingerprint density at radius 3 is 2.35 bits per heavy atom. The predicted octanol–water partition coefficient (Wildman–Crippen LogP) is 3.13. The van der Waals surface area contributed by atoms with Crippen molar-refractivity contribution in [2.75, 3.05) is 39.3 Å². The quantitative estimate of drug-likeness (QED) is 0.817. The fourth-order valence-electron chi connectivity index (χ4n) is 6.56. The van der Waals surface area contributed by atoms with Crippen LogP contribution in [0.5, 0.6) is 0 Å². The van der Waals surface area contributed by atoms with Crippen molar-refractivity contribution in [2.24, 2.45) is 23.2 Å². The minimum atomic E-state index is 0.340. The molecule has 0 spiro atoms. The number of rotatable bonds is 5. The van der Waals surface area contributed by atoms with Crippen LogP contribution in [0.2, 0.25) is 0 Å². The summed E-state index contributed by atoms with van der Waals surface area (Å²) in [6, 6.07) is 0.720. The lowest BCUT2D eigenvalue weighted by atomic mass is 9.48. The topological polar surface area (TPSA) is 35.6 Å². The third kappa shape index (κ3) is 3.56. The number of nitrogens with one attached hydrogen (secondary N) is 1. The molecular weight excluding hydrogens is 322 g/mol. The van der Waals surface area contributed by atoms with E-state index in [1.165, 1.54) is 38.5 Å². The molecule has 3 atom stereocenters. The van der Waals surface area contributed by atoms with Gasteiger partial charge in [0, 0.05) is 51.2 Å². The monoisotopic (exact) mass is 361 g/mol. The molecule has 4 rings (SSSR count). The van der Waals surface area contributed by atoms with E-state index >= 15 is 0 Å². The van der Waals surface area contributed by atoms with Gasteiger partial charge in [0.25, 0.3) is 0 Å². The molecule has 3 saturated carbocycles. The molecule has 0 aromatic heterocycles. The molecule has 4 nitrogen and oxygen atoms in total. The maximum Gasteiger partial charge on any atom is 0.225 e. The fourth-order valence-corrected chi connectivity index (χ4v) is 6.56. The van der Waals surface area contributed by atoms with Crippen LogP contribution in [0, 0.1) is 23.2 Å². The lowest BCUT2D eigenvalue weighted by Crippen LogP contribution is -2.65. The first-order valence-electron chi connectivity index (χ1n) is 11.3. The van der Waals surface area contributed by atoms with Gasteiger partial charge in [0.2, 0.25) is 5.91 Å². The highest BCUT2D eigenvalue weighted by Gasteiger charge is 2.55. The first kappa shape index (κ1) is 18.7. The van der Waals surface area contributed by atoms with Crippen LogP contribution in [0.3, 0.4) is 0 Å². The van der Waals surface area contributed by atoms with E-state index in [1.807, 2.05) is 0 Å². The van der Waals surface area contributed by atoms with Gasteiger partial charge in [-0.15, -0.1) is 0 Å².